The van der Waals surface area contributed by atoms with E-state index in [1.54, 1.807) is 0 Å². The zero-order chi connectivity index (χ0) is 14.9. The van der Waals surface area contributed by atoms with Crippen LogP contribution in [0.5, 0.6) is 0 Å². The molecule has 0 spiro atoms. The molecule has 1 aromatic rings. The number of fused-ring (bicyclic) bond motifs is 1. The van der Waals surface area contributed by atoms with Crippen LogP contribution >= 0.6 is 0 Å². The second-order valence-corrected chi connectivity index (χ2v) is 6.20. The van der Waals surface area contributed by atoms with Crippen molar-refractivity contribution in [3.63, 3.8) is 0 Å². The van der Waals surface area contributed by atoms with Gasteiger partial charge in [0.05, 0.1) is 13.0 Å². The Morgan fingerprint density at radius 3 is 2.65 bits per heavy atom. The molecule has 3 nitrogen and oxygen atoms in total. The first kappa shape index (κ1) is 15.0. The van der Waals surface area contributed by atoms with Crippen LogP contribution in [0.25, 0.3) is 0 Å². The summed E-state index contributed by atoms with van der Waals surface area (Å²) in [6.07, 6.45) is 1.48. The predicted molar refractivity (Wildman–Crippen MR) is 78.3 cm³/mol. The van der Waals surface area contributed by atoms with Crippen molar-refractivity contribution in [3.05, 3.63) is 35.4 Å². The topological polar surface area (TPSA) is 46.5 Å². The van der Waals surface area contributed by atoms with Gasteiger partial charge < -0.3 is 9.84 Å². The van der Waals surface area contributed by atoms with Gasteiger partial charge in [0.15, 0.2) is 0 Å². The number of esters is 1. The summed E-state index contributed by atoms with van der Waals surface area (Å²) in [5.74, 6) is -0.418. The quantitative estimate of drug-likeness (QED) is 0.862. The Balaban J connectivity index is 2.54. The number of methoxy groups -OCH3 is 1. The third kappa shape index (κ3) is 2.35. The molecule has 1 N–H and O–H groups in total. The average Bonchev–Trinajstić information content (AvgIpc) is 2.43. The fourth-order valence-corrected chi connectivity index (χ4v) is 3.52. The Labute approximate surface area is 121 Å². The van der Waals surface area contributed by atoms with Crippen LogP contribution in [0, 0.1) is 11.8 Å². The van der Waals surface area contributed by atoms with E-state index in [4.69, 9.17) is 4.74 Å². The smallest absolute Gasteiger partial charge is 0.312 e. The van der Waals surface area contributed by atoms with Gasteiger partial charge in [0.1, 0.15) is 5.60 Å². The molecule has 0 saturated carbocycles. The molecule has 0 amide bonds. The summed E-state index contributed by atoms with van der Waals surface area (Å²) in [6.45, 7) is 6.08. The van der Waals surface area contributed by atoms with Crippen LogP contribution in [0.15, 0.2) is 24.3 Å². The van der Waals surface area contributed by atoms with Crippen molar-refractivity contribution >= 4 is 5.97 Å². The lowest BCUT2D eigenvalue weighted by molar-refractivity contribution is -0.162. The number of carbonyl (C=O) groups is 1. The Hall–Kier alpha value is -1.35. The van der Waals surface area contributed by atoms with Crippen LogP contribution in [-0.4, -0.2) is 18.2 Å². The van der Waals surface area contributed by atoms with Crippen LogP contribution in [0.3, 0.4) is 0 Å². The Kier molecular flexibility index (Phi) is 4.19. The first-order valence-electron chi connectivity index (χ1n) is 7.31. The molecule has 0 saturated heterocycles. The van der Waals surface area contributed by atoms with E-state index in [2.05, 4.69) is 13.0 Å². The molecule has 0 fully saturated rings. The highest BCUT2D eigenvalue weighted by Gasteiger charge is 2.48. The molecule has 0 radical (unpaired) electrons. The fourth-order valence-electron chi connectivity index (χ4n) is 3.52. The molecule has 0 heterocycles. The largest absolute Gasteiger partial charge is 0.469 e. The molecule has 1 aliphatic rings. The lowest BCUT2D eigenvalue weighted by Gasteiger charge is -2.42. The zero-order valence-corrected chi connectivity index (χ0v) is 12.7. The number of hydrogen-bond donors (Lipinski definition) is 1. The third-order valence-electron chi connectivity index (χ3n) is 4.55. The van der Waals surface area contributed by atoms with Crippen molar-refractivity contribution in [2.45, 2.75) is 45.1 Å². The normalized spacial score (nSPS) is 27.0. The molecule has 1 aromatic carbocycles. The molecule has 0 aromatic heterocycles. The van der Waals surface area contributed by atoms with Crippen LogP contribution < -0.4 is 0 Å². The Morgan fingerprint density at radius 2 is 2.05 bits per heavy atom. The van der Waals surface area contributed by atoms with E-state index in [0.29, 0.717) is 12.3 Å². The van der Waals surface area contributed by atoms with Gasteiger partial charge in [0, 0.05) is 0 Å². The van der Waals surface area contributed by atoms with Crippen molar-refractivity contribution in [1.82, 2.24) is 0 Å². The maximum absolute atomic E-state index is 12.2. The molecule has 3 heteroatoms. The number of ether oxygens (including phenoxy) is 1. The first-order valence-corrected chi connectivity index (χ1v) is 7.31. The van der Waals surface area contributed by atoms with Crippen molar-refractivity contribution < 1.29 is 14.6 Å². The van der Waals surface area contributed by atoms with Gasteiger partial charge in [-0.2, -0.15) is 0 Å². The van der Waals surface area contributed by atoms with Crippen LogP contribution in [-0.2, 0) is 15.1 Å². The maximum Gasteiger partial charge on any atom is 0.312 e. The van der Waals surface area contributed by atoms with Crippen LogP contribution in [0.1, 0.15) is 50.7 Å². The SMILES string of the molecule is COC(=O)C(C(C)C)C1(O)CCC(C)c2ccccc21. The molecule has 0 aliphatic heterocycles. The highest BCUT2D eigenvalue weighted by molar-refractivity contribution is 5.74. The van der Waals surface area contributed by atoms with Gasteiger partial charge in [-0.05, 0) is 35.8 Å². The highest BCUT2D eigenvalue weighted by atomic mass is 16.5. The van der Waals surface area contributed by atoms with E-state index in [1.807, 2.05) is 32.0 Å². The van der Waals surface area contributed by atoms with E-state index in [9.17, 15) is 9.90 Å². The molecule has 20 heavy (non-hydrogen) atoms. The van der Waals surface area contributed by atoms with Gasteiger partial charge in [-0.25, -0.2) is 0 Å². The average molecular weight is 276 g/mol. The van der Waals surface area contributed by atoms with Gasteiger partial charge in [0.25, 0.3) is 0 Å². The van der Waals surface area contributed by atoms with Gasteiger partial charge in [-0.15, -0.1) is 0 Å². The van der Waals surface area contributed by atoms with Gasteiger partial charge in [-0.3, -0.25) is 4.79 Å². The number of rotatable bonds is 3. The van der Waals surface area contributed by atoms with E-state index in [1.165, 1.54) is 7.11 Å². The standard InChI is InChI=1S/C17H24O3/c1-11(2)15(16(18)20-4)17(19)10-9-12(3)13-7-5-6-8-14(13)17/h5-8,11-12,15,19H,9-10H2,1-4H3. The van der Waals surface area contributed by atoms with Crippen LogP contribution in [0.4, 0.5) is 0 Å². The van der Waals surface area contributed by atoms with E-state index >= 15 is 0 Å². The van der Waals surface area contributed by atoms with Gasteiger partial charge in [-0.1, -0.05) is 45.0 Å². The fraction of sp³-hybridized carbons (Fsp3) is 0.588. The molecule has 0 bridgehead atoms. The minimum Gasteiger partial charge on any atom is -0.469 e. The molecule has 2 rings (SSSR count). The monoisotopic (exact) mass is 276 g/mol. The zero-order valence-electron chi connectivity index (χ0n) is 12.7. The number of aliphatic hydroxyl groups is 1. The highest BCUT2D eigenvalue weighted by Crippen LogP contribution is 2.47. The molecule has 110 valence electrons. The summed E-state index contributed by atoms with van der Waals surface area (Å²) in [7, 11) is 1.39. The van der Waals surface area contributed by atoms with Crippen LogP contribution in [0.2, 0.25) is 0 Å². The second-order valence-electron chi connectivity index (χ2n) is 6.20. The summed E-state index contributed by atoms with van der Waals surface area (Å²) in [4.78, 5) is 12.2. The molecular formula is C17H24O3. The maximum atomic E-state index is 12.2. The minimum absolute atomic E-state index is 0.0221. The van der Waals surface area contributed by atoms with Crippen molar-refractivity contribution in [3.8, 4) is 0 Å². The van der Waals surface area contributed by atoms with Crippen molar-refractivity contribution in [2.75, 3.05) is 7.11 Å². The summed E-state index contributed by atoms with van der Waals surface area (Å²) in [5, 5.41) is 11.3. The first-order chi connectivity index (χ1) is 9.41. The Bertz CT molecular complexity index is 495. The number of hydrogen-bond acceptors (Lipinski definition) is 3. The molecule has 3 atom stereocenters. The van der Waals surface area contributed by atoms with Gasteiger partial charge in [0.2, 0.25) is 0 Å². The summed E-state index contributed by atoms with van der Waals surface area (Å²) < 4.78 is 4.94. The molecule has 3 unspecified atom stereocenters. The second kappa shape index (κ2) is 5.57. The Morgan fingerprint density at radius 1 is 1.40 bits per heavy atom. The van der Waals surface area contributed by atoms with Gasteiger partial charge >= 0.3 is 5.97 Å². The lowest BCUT2D eigenvalue weighted by atomic mass is 9.66. The number of carbonyl (C=O) groups excluding carboxylic acids is 1. The third-order valence-corrected chi connectivity index (χ3v) is 4.55. The lowest BCUT2D eigenvalue weighted by Crippen LogP contribution is -2.46. The van der Waals surface area contributed by atoms with Crippen molar-refractivity contribution in [1.29, 1.82) is 0 Å². The van der Waals surface area contributed by atoms with E-state index in [-0.39, 0.29) is 11.9 Å². The predicted octanol–water partition coefficient (Wildman–Crippen LogP) is 3.22. The summed E-state index contributed by atoms with van der Waals surface area (Å²) >= 11 is 0. The van der Waals surface area contributed by atoms with Crippen molar-refractivity contribution in [2.24, 2.45) is 11.8 Å². The molecular weight excluding hydrogens is 252 g/mol. The van der Waals surface area contributed by atoms with E-state index < -0.39 is 11.5 Å². The summed E-state index contributed by atoms with van der Waals surface area (Å²) in [6, 6.07) is 7.92. The molecule has 1 aliphatic carbocycles. The number of benzene rings is 1. The van der Waals surface area contributed by atoms with E-state index in [0.717, 1.165) is 17.5 Å². The minimum atomic E-state index is -1.12. The summed E-state index contributed by atoms with van der Waals surface area (Å²) in [5.41, 5.74) is 0.920.